The third-order valence-electron chi connectivity index (χ3n) is 6.88. The Morgan fingerprint density at radius 3 is 2.40 bits per heavy atom. The van der Waals surface area contributed by atoms with Crippen LogP contribution in [-0.4, -0.2) is 39.7 Å². The maximum Gasteiger partial charge on any atom is 0.245 e. The van der Waals surface area contributed by atoms with E-state index in [0.29, 0.717) is 11.4 Å². The first kappa shape index (κ1) is 23.6. The summed E-state index contributed by atoms with van der Waals surface area (Å²) in [5.41, 5.74) is 4.12. The van der Waals surface area contributed by atoms with Crippen LogP contribution in [0, 0.1) is 0 Å². The SMILES string of the molecule is CC[C@H](C(=O)NC1CCN(Cc2ccccc2)CC1)n1nc(-c2ccccc2)c2cc(Cl)ccc21. The van der Waals surface area contributed by atoms with Gasteiger partial charge in [0.1, 0.15) is 11.7 Å². The molecule has 1 aliphatic rings. The molecule has 0 spiro atoms. The van der Waals surface area contributed by atoms with Gasteiger partial charge in [-0.3, -0.25) is 14.4 Å². The fourth-order valence-electron chi connectivity index (χ4n) is 5.00. The highest BCUT2D eigenvalue weighted by Crippen LogP contribution is 2.32. The van der Waals surface area contributed by atoms with E-state index in [1.54, 1.807) is 0 Å². The van der Waals surface area contributed by atoms with E-state index in [0.717, 1.165) is 54.6 Å². The number of piperidine rings is 1. The number of hydrogen-bond donors (Lipinski definition) is 1. The van der Waals surface area contributed by atoms with Crippen molar-refractivity contribution in [2.24, 2.45) is 0 Å². The highest BCUT2D eigenvalue weighted by atomic mass is 35.5. The van der Waals surface area contributed by atoms with Crippen LogP contribution in [-0.2, 0) is 11.3 Å². The fraction of sp³-hybridized carbons (Fsp3) is 0.310. The second kappa shape index (κ2) is 10.6. The third-order valence-corrected chi connectivity index (χ3v) is 7.12. The summed E-state index contributed by atoms with van der Waals surface area (Å²) in [6.45, 7) is 4.97. The van der Waals surface area contributed by atoms with Crippen molar-refractivity contribution < 1.29 is 4.79 Å². The van der Waals surface area contributed by atoms with Gasteiger partial charge in [-0.2, -0.15) is 5.10 Å². The van der Waals surface area contributed by atoms with Crippen LogP contribution in [0.4, 0.5) is 0 Å². The van der Waals surface area contributed by atoms with Gasteiger partial charge in [0, 0.05) is 41.6 Å². The van der Waals surface area contributed by atoms with Crippen molar-refractivity contribution >= 4 is 28.4 Å². The highest BCUT2D eigenvalue weighted by molar-refractivity contribution is 6.31. The van der Waals surface area contributed by atoms with Gasteiger partial charge in [0.05, 0.1) is 5.52 Å². The van der Waals surface area contributed by atoms with Crippen molar-refractivity contribution in [3.05, 3.63) is 89.4 Å². The summed E-state index contributed by atoms with van der Waals surface area (Å²) >= 11 is 6.33. The molecule has 1 N–H and O–H groups in total. The molecule has 35 heavy (non-hydrogen) atoms. The van der Waals surface area contributed by atoms with E-state index in [-0.39, 0.29) is 18.0 Å². The molecule has 0 saturated carbocycles. The first-order valence-electron chi connectivity index (χ1n) is 12.4. The van der Waals surface area contributed by atoms with Crippen molar-refractivity contribution in [1.82, 2.24) is 20.0 Å². The molecule has 1 aromatic heterocycles. The summed E-state index contributed by atoms with van der Waals surface area (Å²) in [7, 11) is 0. The van der Waals surface area contributed by atoms with E-state index in [9.17, 15) is 4.79 Å². The zero-order valence-electron chi connectivity index (χ0n) is 20.0. The van der Waals surface area contributed by atoms with Crippen molar-refractivity contribution in [3.63, 3.8) is 0 Å². The smallest absolute Gasteiger partial charge is 0.245 e. The van der Waals surface area contributed by atoms with Gasteiger partial charge in [-0.25, -0.2) is 0 Å². The molecular formula is C29H31ClN4O. The second-order valence-electron chi connectivity index (χ2n) is 9.29. The topological polar surface area (TPSA) is 50.2 Å². The van der Waals surface area contributed by atoms with Crippen molar-refractivity contribution in [2.75, 3.05) is 13.1 Å². The molecule has 0 bridgehead atoms. The Bertz CT molecular complexity index is 1280. The molecule has 0 aliphatic carbocycles. The predicted octanol–water partition coefficient (Wildman–Crippen LogP) is 6.09. The number of nitrogens with one attached hydrogen (secondary N) is 1. The summed E-state index contributed by atoms with van der Waals surface area (Å²) in [5.74, 6) is 0.0352. The maximum absolute atomic E-state index is 13.5. The van der Waals surface area contributed by atoms with Crippen LogP contribution >= 0.6 is 11.6 Å². The van der Waals surface area contributed by atoms with E-state index >= 15 is 0 Å². The Kier molecular flexibility index (Phi) is 7.16. The van der Waals surface area contributed by atoms with Gasteiger partial charge in [-0.1, -0.05) is 79.2 Å². The lowest BCUT2D eigenvalue weighted by atomic mass is 10.0. The van der Waals surface area contributed by atoms with Crippen LogP contribution in [0.1, 0.15) is 37.8 Å². The molecule has 1 atom stereocenters. The summed E-state index contributed by atoms with van der Waals surface area (Å²) in [6, 6.07) is 26.2. The van der Waals surface area contributed by atoms with Crippen molar-refractivity contribution in [2.45, 2.75) is 44.8 Å². The Morgan fingerprint density at radius 2 is 1.71 bits per heavy atom. The van der Waals surface area contributed by atoms with E-state index in [4.69, 9.17) is 16.7 Å². The minimum Gasteiger partial charge on any atom is -0.351 e. The molecule has 1 fully saturated rings. The van der Waals surface area contributed by atoms with E-state index in [1.165, 1.54) is 5.56 Å². The number of hydrogen-bond acceptors (Lipinski definition) is 3. The Hall–Kier alpha value is -3.15. The Morgan fingerprint density at radius 1 is 1.03 bits per heavy atom. The number of rotatable bonds is 7. The molecule has 2 heterocycles. The van der Waals surface area contributed by atoms with E-state index < -0.39 is 0 Å². The Balaban J connectivity index is 1.31. The molecule has 6 heteroatoms. The summed E-state index contributed by atoms with van der Waals surface area (Å²) in [6.07, 6.45) is 2.58. The Labute approximate surface area is 211 Å². The number of nitrogens with zero attached hydrogens (tertiary/aromatic N) is 3. The van der Waals surface area contributed by atoms with Crippen LogP contribution in [0.15, 0.2) is 78.9 Å². The number of fused-ring (bicyclic) bond motifs is 1. The number of likely N-dealkylation sites (tertiary alicyclic amines) is 1. The predicted molar refractivity (Wildman–Crippen MR) is 142 cm³/mol. The second-order valence-corrected chi connectivity index (χ2v) is 9.73. The molecule has 5 rings (SSSR count). The number of aromatic nitrogens is 2. The monoisotopic (exact) mass is 486 g/mol. The van der Waals surface area contributed by atoms with Gasteiger partial charge in [0.15, 0.2) is 0 Å². The average Bonchev–Trinajstić information content (AvgIpc) is 3.25. The molecule has 1 amide bonds. The number of carbonyl (C=O) groups is 1. The molecule has 4 aromatic rings. The normalized spacial score (nSPS) is 15.8. The van der Waals surface area contributed by atoms with E-state index in [1.807, 2.05) is 60.1 Å². The first-order chi connectivity index (χ1) is 17.1. The van der Waals surface area contributed by atoms with Crippen LogP contribution in [0.3, 0.4) is 0 Å². The number of carbonyl (C=O) groups excluding carboxylic acids is 1. The largest absolute Gasteiger partial charge is 0.351 e. The van der Waals surface area contributed by atoms with Gasteiger partial charge < -0.3 is 5.32 Å². The molecule has 5 nitrogen and oxygen atoms in total. The molecule has 1 saturated heterocycles. The van der Waals surface area contributed by atoms with E-state index in [2.05, 4.69) is 40.5 Å². The van der Waals surface area contributed by atoms with Crippen molar-refractivity contribution in [3.8, 4) is 11.3 Å². The van der Waals surface area contributed by atoms with Crippen LogP contribution in [0.5, 0.6) is 0 Å². The van der Waals surface area contributed by atoms with Gasteiger partial charge in [-0.15, -0.1) is 0 Å². The van der Waals surface area contributed by atoms with Crippen molar-refractivity contribution in [1.29, 1.82) is 0 Å². The van der Waals surface area contributed by atoms with Gasteiger partial charge in [0.25, 0.3) is 0 Å². The molecule has 1 aliphatic heterocycles. The highest BCUT2D eigenvalue weighted by Gasteiger charge is 2.27. The zero-order chi connectivity index (χ0) is 24.2. The summed E-state index contributed by atoms with van der Waals surface area (Å²) < 4.78 is 1.88. The number of amides is 1. The van der Waals surface area contributed by atoms with Crippen LogP contribution in [0.25, 0.3) is 22.2 Å². The van der Waals surface area contributed by atoms with Gasteiger partial charge >= 0.3 is 0 Å². The maximum atomic E-state index is 13.5. The van der Waals surface area contributed by atoms with Gasteiger partial charge in [0.2, 0.25) is 5.91 Å². The minimum absolute atomic E-state index is 0.0352. The standard InChI is InChI=1S/C29H31ClN4O/c1-2-26(29(35)31-24-15-17-33(18-16-24)20-21-9-5-3-6-10-21)34-27-14-13-23(30)19-25(27)28(32-34)22-11-7-4-8-12-22/h3-14,19,24,26H,2,15-18,20H2,1H3,(H,31,35)/t26-/m1/s1. The quantitative estimate of drug-likeness (QED) is 0.344. The molecule has 3 aromatic carbocycles. The zero-order valence-corrected chi connectivity index (χ0v) is 20.8. The average molecular weight is 487 g/mol. The summed E-state index contributed by atoms with van der Waals surface area (Å²) in [4.78, 5) is 15.9. The van der Waals surface area contributed by atoms with Crippen LogP contribution < -0.4 is 5.32 Å². The third kappa shape index (κ3) is 5.26. The molecule has 0 unspecified atom stereocenters. The van der Waals surface area contributed by atoms with Gasteiger partial charge in [-0.05, 0) is 43.0 Å². The fourth-order valence-corrected chi connectivity index (χ4v) is 5.18. The lowest BCUT2D eigenvalue weighted by molar-refractivity contribution is -0.125. The van der Waals surface area contributed by atoms with Crippen LogP contribution in [0.2, 0.25) is 5.02 Å². The molecule has 180 valence electrons. The lowest BCUT2D eigenvalue weighted by Gasteiger charge is -2.33. The number of halogens is 1. The number of benzene rings is 3. The molecule has 0 radical (unpaired) electrons. The first-order valence-corrected chi connectivity index (χ1v) is 12.8. The summed E-state index contributed by atoms with van der Waals surface area (Å²) in [5, 5.41) is 9.88. The lowest BCUT2D eigenvalue weighted by Crippen LogP contribution is -2.46. The minimum atomic E-state index is -0.376. The molecular weight excluding hydrogens is 456 g/mol.